The van der Waals surface area contributed by atoms with Crippen molar-refractivity contribution in [2.24, 2.45) is 5.92 Å². The highest BCUT2D eigenvalue weighted by molar-refractivity contribution is 5.82. The van der Waals surface area contributed by atoms with Gasteiger partial charge in [0.2, 0.25) is 0 Å². The number of hydrogen-bond acceptors (Lipinski definition) is 3. The normalized spacial score (nSPS) is 17.1. The molecule has 0 N–H and O–H groups in total. The summed E-state index contributed by atoms with van der Waals surface area (Å²) in [5.74, 6) is 0.850. The molecule has 1 aliphatic heterocycles. The number of piperidine rings is 1. The number of benzene rings is 1. The summed E-state index contributed by atoms with van der Waals surface area (Å²) in [5.41, 5.74) is 2.42. The van der Waals surface area contributed by atoms with Crippen molar-refractivity contribution in [2.45, 2.75) is 12.8 Å². The predicted molar refractivity (Wildman–Crippen MR) is 85.2 cm³/mol. The van der Waals surface area contributed by atoms with Crippen LogP contribution in [0.15, 0.2) is 36.5 Å². The molecule has 1 fully saturated rings. The monoisotopic (exact) mass is 269 g/mol. The Labute approximate surface area is 121 Å². The van der Waals surface area contributed by atoms with E-state index < -0.39 is 0 Å². The first-order chi connectivity index (χ1) is 9.72. The Hall–Kier alpha value is -1.61. The fourth-order valence-electron chi connectivity index (χ4n) is 3.15. The molecule has 3 heteroatoms. The molecule has 0 spiro atoms. The highest BCUT2D eigenvalue weighted by atomic mass is 15.1. The maximum absolute atomic E-state index is 4.39. The number of hydrogen-bond donors (Lipinski definition) is 0. The summed E-state index contributed by atoms with van der Waals surface area (Å²) in [6, 6.07) is 10.8. The molecule has 0 atom stereocenters. The molecular formula is C17H23N3. The van der Waals surface area contributed by atoms with Crippen LogP contribution in [0.5, 0.6) is 0 Å². The second-order valence-electron chi connectivity index (χ2n) is 6.07. The van der Waals surface area contributed by atoms with Crippen LogP contribution in [0.2, 0.25) is 0 Å². The molecule has 0 aliphatic carbocycles. The van der Waals surface area contributed by atoms with Crippen LogP contribution in [0.3, 0.4) is 0 Å². The van der Waals surface area contributed by atoms with Crippen molar-refractivity contribution < 1.29 is 0 Å². The Balaban J connectivity index is 1.70. The zero-order chi connectivity index (χ0) is 13.9. The van der Waals surface area contributed by atoms with Gasteiger partial charge in [-0.2, -0.15) is 0 Å². The fourth-order valence-corrected chi connectivity index (χ4v) is 3.15. The van der Waals surface area contributed by atoms with E-state index in [4.69, 9.17) is 0 Å². The van der Waals surface area contributed by atoms with Crippen LogP contribution in [0.25, 0.3) is 10.9 Å². The summed E-state index contributed by atoms with van der Waals surface area (Å²) in [6.07, 6.45) is 4.45. The van der Waals surface area contributed by atoms with Gasteiger partial charge in [0, 0.05) is 36.9 Å². The number of pyridine rings is 1. The van der Waals surface area contributed by atoms with Crippen LogP contribution < -0.4 is 4.90 Å². The van der Waals surface area contributed by atoms with Gasteiger partial charge in [-0.25, -0.2) is 0 Å². The first kappa shape index (κ1) is 13.4. The largest absolute Gasteiger partial charge is 0.371 e. The Kier molecular flexibility index (Phi) is 3.88. The summed E-state index contributed by atoms with van der Waals surface area (Å²) in [7, 11) is 4.34. The summed E-state index contributed by atoms with van der Waals surface area (Å²) in [6.45, 7) is 3.56. The van der Waals surface area contributed by atoms with Crippen LogP contribution in [-0.2, 0) is 0 Å². The Morgan fingerprint density at radius 3 is 2.75 bits per heavy atom. The molecule has 1 aliphatic rings. The van der Waals surface area contributed by atoms with Crippen molar-refractivity contribution in [1.82, 2.24) is 9.88 Å². The standard InChI is InChI=1S/C17H23N3/c1-19(2)13-14-7-10-20(11-8-14)16-5-6-17-15(12-16)4-3-9-18-17/h3-6,9,12,14H,7-8,10-11,13H2,1-2H3. The van der Waals surface area contributed by atoms with Gasteiger partial charge in [0.1, 0.15) is 0 Å². The first-order valence-corrected chi connectivity index (χ1v) is 7.47. The van der Waals surface area contributed by atoms with Crippen LogP contribution in [0, 0.1) is 5.92 Å². The Morgan fingerprint density at radius 2 is 2.00 bits per heavy atom. The second-order valence-corrected chi connectivity index (χ2v) is 6.07. The van der Waals surface area contributed by atoms with Gasteiger partial charge in [0.15, 0.2) is 0 Å². The molecule has 2 heterocycles. The summed E-state index contributed by atoms with van der Waals surface area (Å²) in [5, 5.41) is 1.24. The molecule has 0 saturated carbocycles. The molecular weight excluding hydrogens is 246 g/mol. The number of rotatable bonds is 3. The minimum absolute atomic E-state index is 0.850. The van der Waals surface area contributed by atoms with Crippen molar-refractivity contribution >= 4 is 16.6 Å². The molecule has 2 aromatic rings. The van der Waals surface area contributed by atoms with Gasteiger partial charge in [-0.15, -0.1) is 0 Å². The minimum Gasteiger partial charge on any atom is -0.371 e. The second kappa shape index (κ2) is 5.80. The van der Waals surface area contributed by atoms with E-state index in [1.807, 2.05) is 12.3 Å². The predicted octanol–water partition coefficient (Wildman–Crippen LogP) is 3.01. The Morgan fingerprint density at radius 1 is 1.20 bits per heavy atom. The lowest BCUT2D eigenvalue weighted by Crippen LogP contribution is -2.37. The van der Waals surface area contributed by atoms with E-state index in [9.17, 15) is 0 Å². The maximum atomic E-state index is 4.39. The number of fused-ring (bicyclic) bond motifs is 1. The van der Waals surface area contributed by atoms with Crippen LogP contribution in [0.1, 0.15) is 12.8 Å². The van der Waals surface area contributed by atoms with Crippen LogP contribution in [-0.4, -0.2) is 43.6 Å². The van der Waals surface area contributed by atoms with Crippen LogP contribution >= 0.6 is 0 Å². The van der Waals surface area contributed by atoms with E-state index >= 15 is 0 Å². The van der Waals surface area contributed by atoms with E-state index in [0.717, 1.165) is 11.4 Å². The molecule has 0 amide bonds. The molecule has 0 unspecified atom stereocenters. The van der Waals surface area contributed by atoms with Gasteiger partial charge < -0.3 is 9.80 Å². The SMILES string of the molecule is CN(C)CC1CCN(c2ccc3ncccc3c2)CC1. The Bertz CT molecular complexity index is 571. The van der Waals surface area contributed by atoms with Crippen molar-refractivity contribution in [3.05, 3.63) is 36.5 Å². The maximum Gasteiger partial charge on any atom is 0.0703 e. The van der Waals surface area contributed by atoms with Gasteiger partial charge in [0.25, 0.3) is 0 Å². The van der Waals surface area contributed by atoms with Gasteiger partial charge in [0.05, 0.1) is 5.52 Å². The van der Waals surface area contributed by atoms with E-state index in [1.54, 1.807) is 0 Å². The third-order valence-electron chi connectivity index (χ3n) is 4.19. The average Bonchev–Trinajstić information content (AvgIpc) is 2.47. The molecule has 3 rings (SSSR count). The minimum atomic E-state index is 0.850. The molecule has 0 bridgehead atoms. The highest BCUT2D eigenvalue weighted by Gasteiger charge is 2.19. The lowest BCUT2D eigenvalue weighted by Gasteiger charge is -2.34. The van der Waals surface area contributed by atoms with E-state index in [0.29, 0.717) is 0 Å². The number of nitrogens with zero attached hydrogens (tertiary/aromatic N) is 3. The van der Waals surface area contributed by atoms with Gasteiger partial charge in [-0.05, 0) is 57.1 Å². The topological polar surface area (TPSA) is 19.4 Å². The van der Waals surface area contributed by atoms with Gasteiger partial charge in [-0.1, -0.05) is 6.07 Å². The first-order valence-electron chi connectivity index (χ1n) is 7.47. The van der Waals surface area contributed by atoms with Gasteiger partial charge >= 0.3 is 0 Å². The smallest absolute Gasteiger partial charge is 0.0703 e. The quantitative estimate of drug-likeness (QED) is 0.854. The summed E-state index contributed by atoms with van der Waals surface area (Å²) >= 11 is 0. The van der Waals surface area contributed by atoms with Gasteiger partial charge in [-0.3, -0.25) is 4.98 Å². The molecule has 1 aromatic heterocycles. The van der Waals surface area contributed by atoms with Crippen molar-refractivity contribution in [1.29, 1.82) is 0 Å². The summed E-state index contributed by atoms with van der Waals surface area (Å²) < 4.78 is 0. The molecule has 20 heavy (non-hydrogen) atoms. The third kappa shape index (κ3) is 2.93. The van der Waals surface area contributed by atoms with E-state index in [2.05, 4.69) is 53.1 Å². The van der Waals surface area contributed by atoms with Crippen molar-refractivity contribution in [3.8, 4) is 0 Å². The molecule has 1 aromatic carbocycles. The van der Waals surface area contributed by atoms with Crippen LogP contribution in [0.4, 0.5) is 5.69 Å². The average molecular weight is 269 g/mol. The molecule has 0 radical (unpaired) electrons. The lowest BCUT2D eigenvalue weighted by molar-refractivity contribution is 0.285. The van der Waals surface area contributed by atoms with E-state index in [1.165, 1.54) is 43.5 Å². The number of aromatic nitrogens is 1. The third-order valence-corrected chi connectivity index (χ3v) is 4.19. The van der Waals surface area contributed by atoms with E-state index in [-0.39, 0.29) is 0 Å². The molecule has 3 nitrogen and oxygen atoms in total. The fraction of sp³-hybridized carbons (Fsp3) is 0.471. The van der Waals surface area contributed by atoms with Crippen molar-refractivity contribution in [3.63, 3.8) is 0 Å². The number of anilines is 1. The highest BCUT2D eigenvalue weighted by Crippen LogP contribution is 2.26. The summed E-state index contributed by atoms with van der Waals surface area (Å²) in [4.78, 5) is 9.21. The lowest BCUT2D eigenvalue weighted by atomic mass is 9.96. The zero-order valence-electron chi connectivity index (χ0n) is 12.4. The molecule has 1 saturated heterocycles. The zero-order valence-corrected chi connectivity index (χ0v) is 12.4. The van der Waals surface area contributed by atoms with Crippen molar-refractivity contribution in [2.75, 3.05) is 38.6 Å². The molecule has 106 valence electrons.